The molecule has 0 saturated carbocycles. The van der Waals surface area contributed by atoms with Gasteiger partial charge in [-0.1, -0.05) is 13.3 Å². The highest BCUT2D eigenvalue weighted by molar-refractivity contribution is 5.78. The Morgan fingerprint density at radius 1 is 1.29 bits per heavy atom. The fraction of sp³-hybridized carbons (Fsp3) is 0.923. The molecule has 0 aliphatic carbocycles. The molecule has 3 N–H and O–H groups in total. The summed E-state index contributed by atoms with van der Waals surface area (Å²) in [6, 6.07) is 0.306. The van der Waals surface area contributed by atoms with E-state index >= 15 is 0 Å². The average molecular weight is 244 g/mol. The summed E-state index contributed by atoms with van der Waals surface area (Å²) in [5.74, 6) is 0.166. The molecule has 0 rings (SSSR count). The van der Waals surface area contributed by atoms with Crippen LogP contribution in [0, 0.1) is 5.92 Å². The fourth-order valence-electron chi connectivity index (χ4n) is 1.60. The molecule has 17 heavy (non-hydrogen) atoms. The Morgan fingerprint density at radius 2 is 1.94 bits per heavy atom. The van der Waals surface area contributed by atoms with Gasteiger partial charge in [-0.15, -0.1) is 0 Å². The molecule has 1 amide bonds. The molecule has 0 bridgehead atoms. The summed E-state index contributed by atoms with van der Waals surface area (Å²) >= 11 is 0. The largest absolute Gasteiger partial charge is 0.380 e. The lowest BCUT2D eigenvalue weighted by molar-refractivity contribution is -0.125. The third-order valence-corrected chi connectivity index (χ3v) is 2.70. The van der Waals surface area contributed by atoms with Gasteiger partial charge < -0.3 is 15.8 Å². The summed E-state index contributed by atoms with van der Waals surface area (Å²) in [4.78, 5) is 11.8. The van der Waals surface area contributed by atoms with Crippen LogP contribution in [0.3, 0.4) is 0 Å². The molecule has 0 spiro atoms. The van der Waals surface area contributed by atoms with Crippen molar-refractivity contribution in [2.75, 3.05) is 13.2 Å². The van der Waals surface area contributed by atoms with Gasteiger partial charge in [0, 0.05) is 24.6 Å². The van der Waals surface area contributed by atoms with Crippen molar-refractivity contribution in [1.82, 2.24) is 5.32 Å². The van der Waals surface area contributed by atoms with E-state index in [-0.39, 0.29) is 23.9 Å². The number of nitrogens with two attached hydrogens (primary N) is 1. The van der Waals surface area contributed by atoms with Crippen molar-refractivity contribution in [2.24, 2.45) is 11.7 Å². The molecule has 0 aromatic heterocycles. The molecule has 3 unspecified atom stereocenters. The highest BCUT2D eigenvalue weighted by atomic mass is 16.5. The second-order valence-electron chi connectivity index (χ2n) is 4.88. The normalized spacial score (nSPS) is 16.3. The molecule has 0 saturated heterocycles. The molecular weight excluding hydrogens is 216 g/mol. The summed E-state index contributed by atoms with van der Waals surface area (Å²) in [6.45, 7) is 9.13. The third kappa shape index (κ3) is 9.12. The first kappa shape index (κ1) is 16.4. The van der Waals surface area contributed by atoms with E-state index in [9.17, 15) is 4.79 Å². The Hall–Kier alpha value is -0.610. The van der Waals surface area contributed by atoms with Crippen molar-refractivity contribution in [3.63, 3.8) is 0 Å². The van der Waals surface area contributed by atoms with Gasteiger partial charge >= 0.3 is 0 Å². The van der Waals surface area contributed by atoms with E-state index < -0.39 is 0 Å². The Bertz CT molecular complexity index is 208. The molecule has 4 nitrogen and oxygen atoms in total. The van der Waals surface area contributed by atoms with Crippen LogP contribution in [0.4, 0.5) is 0 Å². The van der Waals surface area contributed by atoms with E-state index in [1.54, 1.807) is 0 Å². The van der Waals surface area contributed by atoms with Crippen LogP contribution < -0.4 is 11.1 Å². The third-order valence-electron chi connectivity index (χ3n) is 2.70. The maximum absolute atomic E-state index is 11.8. The van der Waals surface area contributed by atoms with Crippen LogP contribution >= 0.6 is 0 Å². The van der Waals surface area contributed by atoms with Crippen LogP contribution in [0.25, 0.3) is 0 Å². The van der Waals surface area contributed by atoms with Gasteiger partial charge in [-0.3, -0.25) is 4.79 Å². The molecule has 3 atom stereocenters. The maximum atomic E-state index is 11.8. The quantitative estimate of drug-likeness (QED) is 0.648. The second-order valence-corrected chi connectivity index (χ2v) is 4.88. The van der Waals surface area contributed by atoms with E-state index in [4.69, 9.17) is 10.5 Å². The number of carbonyl (C=O) groups excluding carboxylic acids is 1. The van der Waals surface area contributed by atoms with Crippen LogP contribution in [0.5, 0.6) is 0 Å². The monoisotopic (exact) mass is 244 g/mol. The summed E-state index contributed by atoms with van der Waals surface area (Å²) in [6.07, 6.45) is 2.88. The van der Waals surface area contributed by atoms with Crippen LogP contribution in [-0.4, -0.2) is 31.2 Å². The fourth-order valence-corrected chi connectivity index (χ4v) is 1.60. The van der Waals surface area contributed by atoms with Gasteiger partial charge in [0.1, 0.15) is 0 Å². The molecule has 0 aliphatic heterocycles. The van der Waals surface area contributed by atoms with E-state index in [0.29, 0.717) is 13.2 Å². The molecule has 0 aliphatic rings. The van der Waals surface area contributed by atoms with Crippen LogP contribution in [0.2, 0.25) is 0 Å². The summed E-state index contributed by atoms with van der Waals surface area (Å²) in [5, 5.41) is 2.96. The zero-order valence-electron chi connectivity index (χ0n) is 11.7. The van der Waals surface area contributed by atoms with Crippen LogP contribution in [-0.2, 0) is 9.53 Å². The van der Waals surface area contributed by atoms with E-state index in [0.717, 1.165) is 19.3 Å². The predicted octanol–water partition coefficient (Wildman–Crippen LogP) is 1.68. The van der Waals surface area contributed by atoms with Crippen molar-refractivity contribution in [3.05, 3.63) is 0 Å². The number of ether oxygens (including phenoxy) is 1. The molecule has 0 aromatic rings. The topological polar surface area (TPSA) is 64.3 Å². The van der Waals surface area contributed by atoms with Gasteiger partial charge in [-0.25, -0.2) is 0 Å². The zero-order chi connectivity index (χ0) is 13.3. The molecule has 0 fully saturated rings. The number of hydrogen-bond donors (Lipinski definition) is 2. The zero-order valence-corrected chi connectivity index (χ0v) is 11.7. The van der Waals surface area contributed by atoms with Gasteiger partial charge in [-0.05, 0) is 33.6 Å². The maximum Gasteiger partial charge on any atom is 0.223 e. The van der Waals surface area contributed by atoms with E-state index in [1.165, 1.54) is 0 Å². The van der Waals surface area contributed by atoms with Crippen molar-refractivity contribution in [2.45, 2.75) is 59.0 Å². The molecule has 0 heterocycles. The Kier molecular flexibility index (Phi) is 9.09. The molecule has 102 valence electrons. The van der Waals surface area contributed by atoms with Gasteiger partial charge in [0.25, 0.3) is 0 Å². The summed E-state index contributed by atoms with van der Waals surface area (Å²) in [5.41, 5.74) is 5.67. The van der Waals surface area contributed by atoms with Crippen molar-refractivity contribution in [1.29, 1.82) is 0 Å². The molecule has 0 aromatic carbocycles. The first-order valence-corrected chi connectivity index (χ1v) is 6.61. The minimum atomic E-state index is 0.0535. The van der Waals surface area contributed by atoms with Crippen molar-refractivity contribution >= 4 is 5.91 Å². The lowest BCUT2D eigenvalue weighted by atomic mass is 10.0. The van der Waals surface area contributed by atoms with Crippen LogP contribution in [0.15, 0.2) is 0 Å². The highest BCUT2D eigenvalue weighted by Crippen LogP contribution is 2.09. The number of nitrogens with one attached hydrogen (secondary N) is 1. The first-order valence-electron chi connectivity index (χ1n) is 6.61. The van der Waals surface area contributed by atoms with E-state index in [1.807, 2.05) is 27.7 Å². The van der Waals surface area contributed by atoms with Gasteiger partial charge in [0.05, 0.1) is 6.61 Å². The Balaban J connectivity index is 3.73. The lowest BCUT2D eigenvalue weighted by Crippen LogP contribution is -2.39. The number of amides is 1. The summed E-state index contributed by atoms with van der Waals surface area (Å²) < 4.78 is 5.26. The van der Waals surface area contributed by atoms with Gasteiger partial charge in [-0.2, -0.15) is 0 Å². The van der Waals surface area contributed by atoms with Crippen molar-refractivity contribution < 1.29 is 9.53 Å². The highest BCUT2D eigenvalue weighted by Gasteiger charge is 2.14. The number of rotatable bonds is 9. The summed E-state index contributed by atoms with van der Waals surface area (Å²) in [7, 11) is 0. The SMILES string of the molecule is CCOCC(C)NC(=O)C(C)CCCC(C)N. The Labute approximate surface area is 105 Å². The number of carbonyl (C=O) groups is 1. The van der Waals surface area contributed by atoms with Crippen LogP contribution in [0.1, 0.15) is 47.0 Å². The average Bonchev–Trinajstić information content (AvgIpc) is 2.25. The molecule has 4 heteroatoms. The van der Waals surface area contributed by atoms with Crippen molar-refractivity contribution in [3.8, 4) is 0 Å². The Morgan fingerprint density at radius 3 is 2.47 bits per heavy atom. The van der Waals surface area contributed by atoms with Gasteiger partial charge in [0.15, 0.2) is 0 Å². The smallest absolute Gasteiger partial charge is 0.223 e. The lowest BCUT2D eigenvalue weighted by Gasteiger charge is -2.17. The predicted molar refractivity (Wildman–Crippen MR) is 70.8 cm³/mol. The standard InChI is InChI=1S/C13H28N2O2/c1-5-17-9-12(4)15-13(16)10(2)7-6-8-11(3)14/h10-12H,5-9,14H2,1-4H3,(H,15,16). The minimum absolute atomic E-state index is 0.0535. The molecular formula is C13H28N2O2. The van der Waals surface area contributed by atoms with Gasteiger partial charge in [0.2, 0.25) is 5.91 Å². The second kappa shape index (κ2) is 9.42. The first-order chi connectivity index (χ1) is 7.97. The minimum Gasteiger partial charge on any atom is -0.380 e. The number of hydrogen-bond acceptors (Lipinski definition) is 3. The molecule has 0 radical (unpaired) electrons. The van der Waals surface area contributed by atoms with E-state index in [2.05, 4.69) is 5.32 Å².